The van der Waals surface area contributed by atoms with Crippen LogP contribution in [0.2, 0.25) is 0 Å². The molecule has 28 heavy (non-hydrogen) atoms. The number of hydrogen-bond donors (Lipinski definition) is 11. The SMILES string of the molecule is O=C[C@H](O)[C@@H](O)[C@H](O)[C@H](O)CO.O=C[C@H](O)[C@@H](O)[C@H](O)[C@H](O)COP(=O)(O)O. The second-order valence-electron chi connectivity index (χ2n) is 5.32. The van der Waals surface area contributed by atoms with Crippen molar-refractivity contribution in [3.05, 3.63) is 0 Å². The van der Waals surface area contributed by atoms with Crippen LogP contribution in [0.4, 0.5) is 0 Å². The molecular weight excluding hydrogens is 415 g/mol. The van der Waals surface area contributed by atoms with Crippen molar-refractivity contribution in [3.63, 3.8) is 0 Å². The van der Waals surface area contributed by atoms with Crippen molar-refractivity contribution in [1.29, 1.82) is 0 Å². The van der Waals surface area contributed by atoms with E-state index in [1.54, 1.807) is 0 Å². The van der Waals surface area contributed by atoms with Crippen molar-refractivity contribution in [2.75, 3.05) is 13.2 Å². The topological polar surface area (TPSA) is 283 Å². The maximum Gasteiger partial charge on any atom is 0.469 e. The zero-order valence-corrected chi connectivity index (χ0v) is 15.1. The monoisotopic (exact) mass is 440 g/mol. The van der Waals surface area contributed by atoms with Crippen LogP contribution < -0.4 is 0 Å². The van der Waals surface area contributed by atoms with E-state index in [0.717, 1.165) is 0 Å². The average molecular weight is 440 g/mol. The number of phosphoric acid groups is 1. The zero-order chi connectivity index (χ0) is 22.7. The van der Waals surface area contributed by atoms with Gasteiger partial charge in [0.25, 0.3) is 0 Å². The molecule has 0 aliphatic heterocycles. The molecule has 0 radical (unpaired) electrons. The van der Waals surface area contributed by atoms with Crippen molar-refractivity contribution in [2.24, 2.45) is 0 Å². The summed E-state index contributed by atoms with van der Waals surface area (Å²) in [6.07, 6.45) is -14.6. The molecule has 0 aromatic heterocycles. The van der Waals surface area contributed by atoms with Crippen LogP contribution in [0.5, 0.6) is 0 Å². The predicted molar refractivity (Wildman–Crippen MR) is 85.3 cm³/mol. The highest BCUT2D eigenvalue weighted by atomic mass is 31.2. The van der Waals surface area contributed by atoms with Crippen molar-refractivity contribution in [2.45, 2.75) is 48.8 Å². The van der Waals surface area contributed by atoms with Gasteiger partial charge in [-0.05, 0) is 0 Å². The average Bonchev–Trinajstić information content (AvgIpc) is 2.67. The quantitative estimate of drug-likeness (QED) is 0.0993. The summed E-state index contributed by atoms with van der Waals surface area (Å²) in [4.78, 5) is 36.5. The lowest BCUT2D eigenvalue weighted by atomic mass is 10.0. The first kappa shape index (κ1) is 29.3. The Kier molecular flexibility index (Phi) is 14.8. The fraction of sp³-hybridized carbons (Fsp3) is 0.833. The molecule has 0 spiro atoms. The Morgan fingerprint density at radius 3 is 1.36 bits per heavy atom. The van der Waals surface area contributed by atoms with Gasteiger partial charge in [0.15, 0.2) is 12.6 Å². The van der Waals surface area contributed by atoms with Crippen LogP contribution >= 0.6 is 7.82 Å². The Labute approximate surface area is 157 Å². The van der Waals surface area contributed by atoms with Gasteiger partial charge >= 0.3 is 7.82 Å². The first-order valence-electron chi connectivity index (χ1n) is 7.39. The second-order valence-corrected chi connectivity index (χ2v) is 6.56. The Bertz CT molecular complexity index is 484. The highest BCUT2D eigenvalue weighted by Crippen LogP contribution is 2.35. The van der Waals surface area contributed by atoms with Gasteiger partial charge in [-0.15, -0.1) is 0 Å². The number of carbonyl (C=O) groups excluding carboxylic acids is 2. The Morgan fingerprint density at radius 2 is 1.07 bits per heavy atom. The van der Waals surface area contributed by atoms with Crippen molar-refractivity contribution < 1.29 is 74.4 Å². The number of aldehydes is 2. The molecule has 15 nitrogen and oxygen atoms in total. The molecule has 0 unspecified atom stereocenters. The maximum absolute atomic E-state index is 10.2. The van der Waals surface area contributed by atoms with Gasteiger partial charge in [0, 0.05) is 0 Å². The normalized spacial score (nSPS) is 20.4. The van der Waals surface area contributed by atoms with Crippen LogP contribution in [0.25, 0.3) is 0 Å². The number of hydrogen-bond acceptors (Lipinski definition) is 13. The van der Waals surface area contributed by atoms with Gasteiger partial charge in [-0.3, -0.25) is 4.52 Å². The van der Waals surface area contributed by atoms with Crippen LogP contribution in [0.3, 0.4) is 0 Å². The molecule has 0 heterocycles. The molecule has 0 aromatic carbocycles. The van der Waals surface area contributed by atoms with E-state index in [1.165, 1.54) is 0 Å². The molecule has 0 aromatic rings. The first-order chi connectivity index (χ1) is 12.7. The minimum atomic E-state index is -4.80. The fourth-order valence-corrected chi connectivity index (χ4v) is 1.75. The highest BCUT2D eigenvalue weighted by Gasteiger charge is 2.32. The summed E-state index contributed by atoms with van der Waals surface area (Å²) in [5.74, 6) is 0. The lowest BCUT2D eigenvalue weighted by Gasteiger charge is -2.23. The van der Waals surface area contributed by atoms with E-state index in [9.17, 15) is 14.2 Å². The Balaban J connectivity index is 0. The van der Waals surface area contributed by atoms with Gasteiger partial charge in [0.2, 0.25) is 0 Å². The van der Waals surface area contributed by atoms with Crippen LogP contribution in [0, 0.1) is 0 Å². The van der Waals surface area contributed by atoms with Crippen LogP contribution in [-0.2, 0) is 18.7 Å². The van der Waals surface area contributed by atoms with E-state index >= 15 is 0 Å². The third-order valence-corrected chi connectivity index (χ3v) is 3.55. The van der Waals surface area contributed by atoms with Gasteiger partial charge in [-0.2, -0.15) is 0 Å². The summed E-state index contributed by atoms with van der Waals surface area (Å²) in [7, 11) is -4.80. The van der Waals surface area contributed by atoms with Gasteiger partial charge < -0.3 is 65.3 Å². The number of aliphatic hydroxyl groups excluding tert-OH is 9. The lowest BCUT2D eigenvalue weighted by Crippen LogP contribution is -2.46. The largest absolute Gasteiger partial charge is 0.469 e. The summed E-state index contributed by atoms with van der Waals surface area (Å²) in [6.45, 7) is -1.72. The Morgan fingerprint density at radius 1 is 0.714 bits per heavy atom. The molecule has 168 valence electrons. The summed E-state index contributed by atoms with van der Waals surface area (Å²) < 4.78 is 14.1. The standard InChI is InChI=1S/C6H13O9P.C6H12O6/c7-1-3(8)5(10)6(11)4(9)2-15-16(12,13)14;7-1-3(9)5(11)6(12)4(10)2-8/h1,3-6,8-11H,2H2,(H2,12,13,14);1,3-6,8-12H,2H2/t2*3-,4+,5+,6+/m00/s1. The van der Waals surface area contributed by atoms with Crippen molar-refractivity contribution in [1.82, 2.24) is 0 Å². The van der Waals surface area contributed by atoms with E-state index in [-0.39, 0.29) is 12.6 Å². The summed E-state index contributed by atoms with van der Waals surface area (Å²) in [5, 5.41) is 79.6. The summed E-state index contributed by atoms with van der Waals surface area (Å²) in [5.41, 5.74) is 0. The number of rotatable bonds is 12. The van der Waals surface area contributed by atoms with Crippen LogP contribution in [0.1, 0.15) is 0 Å². The molecule has 0 aliphatic rings. The number of aliphatic hydroxyl groups is 9. The fourth-order valence-electron chi connectivity index (χ4n) is 1.40. The molecule has 0 rings (SSSR count). The van der Waals surface area contributed by atoms with Gasteiger partial charge in [-0.1, -0.05) is 0 Å². The summed E-state index contributed by atoms with van der Waals surface area (Å²) >= 11 is 0. The molecule has 0 saturated heterocycles. The van der Waals surface area contributed by atoms with Crippen molar-refractivity contribution >= 4 is 20.4 Å². The molecule has 0 saturated carbocycles. The van der Waals surface area contributed by atoms with E-state index < -0.39 is 69.9 Å². The van der Waals surface area contributed by atoms with E-state index in [2.05, 4.69) is 4.52 Å². The van der Waals surface area contributed by atoms with E-state index in [0.29, 0.717) is 0 Å². The van der Waals surface area contributed by atoms with Gasteiger partial charge in [0.1, 0.15) is 48.8 Å². The molecule has 0 amide bonds. The molecule has 16 heteroatoms. The maximum atomic E-state index is 10.2. The van der Waals surface area contributed by atoms with Crippen molar-refractivity contribution in [3.8, 4) is 0 Å². The predicted octanol–water partition coefficient (Wildman–Crippen LogP) is -6.64. The zero-order valence-electron chi connectivity index (χ0n) is 14.2. The number of carbonyl (C=O) groups is 2. The van der Waals surface area contributed by atoms with E-state index in [4.69, 9.17) is 55.7 Å². The molecule has 0 fully saturated rings. The molecular formula is C12H25O15P. The highest BCUT2D eigenvalue weighted by molar-refractivity contribution is 7.46. The molecule has 11 N–H and O–H groups in total. The number of phosphoric ester groups is 1. The third-order valence-electron chi connectivity index (χ3n) is 3.07. The third kappa shape index (κ3) is 11.8. The van der Waals surface area contributed by atoms with Gasteiger partial charge in [0.05, 0.1) is 13.2 Å². The summed E-state index contributed by atoms with van der Waals surface area (Å²) in [6, 6.07) is 0. The minimum absolute atomic E-state index is 0.0258. The minimum Gasteiger partial charge on any atom is -0.394 e. The van der Waals surface area contributed by atoms with Gasteiger partial charge in [-0.25, -0.2) is 4.57 Å². The van der Waals surface area contributed by atoms with E-state index in [1.807, 2.05) is 0 Å². The Hall–Kier alpha value is -0.910. The van der Waals surface area contributed by atoms with Crippen LogP contribution in [0.15, 0.2) is 0 Å². The lowest BCUT2D eigenvalue weighted by molar-refractivity contribution is -0.136. The molecule has 0 aliphatic carbocycles. The molecule has 8 atom stereocenters. The molecule has 0 bridgehead atoms. The smallest absolute Gasteiger partial charge is 0.394 e. The second kappa shape index (κ2) is 14.1. The first-order valence-corrected chi connectivity index (χ1v) is 8.92. The van der Waals surface area contributed by atoms with Crippen LogP contribution in [-0.4, -0.2) is 130 Å².